The van der Waals surface area contributed by atoms with Crippen molar-refractivity contribution in [2.75, 3.05) is 0 Å². The Hall–Kier alpha value is -2.89. The van der Waals surface area contributed by atoms with Crippen molar-refractivity contribution in [2.45, 2.75) is 13.1 Å². The first kappa shape index (κ1) is 26.4. The summed E-state index contributed by atoms with van der Waals surface area (Å²) in [5, 5.41) is 0. The van der Waals surface area contributed by atoms with Crippen LogP contribution in [0, 0.1) is 0 Å². The quantitative estimate of drug-likeness (QED) is 0.269. The van der Waals surface area contributed by atoms with Gasteiger partial charge in [0.2, 0.25) is 0 Å². The third-order valence-electron chi connectivity index (χ3n) is 5.03. The van der Waals surface area contributed by atoms with Crippen LogP contribution in [-0.4, -0.2) is 24.1 Å². The molecule has 0 aliphatic carbocycles. The van der Waals surface area contributed by atoms with Gasteiger partial charge in [0.05, 0.1) is 0 Å². The predicted octanol–water partition coefficient (Wildman–Crippen LogP) is -1.09. The van der Waals surface area contributed by atoms with E-state index in [2.05, 4.69) is 67.6 Å². The summed E-state index contributed by atoms with van der Waals surface area (Å²) in [5.74, 6) is 1.70. The second-order valence-electron chi connectivity index (χ2n) is 7.14. The Labute approximate surface area is 216 Å². The number of pyridine rings is 1. The fourth-order valence-corrected chi connectivity index (χ4v) is 3.58. The van der Waals surface area contributed by atoms with Crippen molar-refractivity contribution < 1.29 is 41.9 Å². The maximum Gasteiger partial charge on any atom is 2.00 e. The van der Waals surface area contributed by atoms with Gasteiger partial charge >= 0.3 is 17.1 Å². The molecule has 0 fully saturated rings. The van der Waals surface area contributed by atoms with Gasteiger partial charge in [-0.1, -0.05) is 66.7 Å². The molecule has 0 saturated heterocycles. The van der Waals surface area contributed by atoms with Crippen molar-refractivity contribution in [2.24, 2.45) is 0 Å². The molecule has 5 nitrogen and oxygen atoms in total. The molecule has 0 amide bonds. The van der Waals surface area contributed by atoms with Gasteiger partial charge in [-0.15, -0.1) is 0 Å². The number of benzene rings is 2. The van der Waals surface area contributed by atoms with Crippen LogP contribution in [0.2, 0.25) is 0 Å². The fourth-order valence-electron chi connectivity index (χ4n) is 3.58. The van der Waals surface area contributed by atoms with Crippen LogP contribution in [0.5, 0.6) is 0 Å². The molecule has 0 atom stereocenters. The topological polar surface area (TPSA) is 48.5 Å². The number of hydrogen-bond acceptors (Lipinski definition) is 3. The average molecular weight is 518 g/mol. The standard InChI is InChI=1S/C25H21N5.2ClH.Fe/c1-3-8-20(9-4-1)18-29-16-14-26-24(29)22-12-7-13-23(28-22)25-27-15-17-30(25)19-21-10-5-2-6-11-21;;;/h1-17H,18-19H2;2*1H;/q;;;+2/p-2. The van der Waals surface area contributed by atoms with Crippen molar-refractivity contribution in [3.8, 4) is 23.0 Å². The van der Waals surface area contributed by atoms with Crippen LogP contribution in [0.15, 0.2) is 104 Å². The van der Waals surface area contributed by atoms with E-state index in [1.165, 1.54) is 11.1 Å². The molecule has 0 aliphatic heterocycles. The molecular formula is C25H21Cl2FeN5. The number of nitrogens with zero attached hydrogens (tertiary/aromatic N) is 5. The van der Waals surface area contributed by atoms with Gasteiger partial charge in [-0.25, -0.2) is 15.0 Å². The number of hydrogen-bond donors (Lipinski definition) is 0. The van der Waals surface area contributed by atoms with E-state index in [4.69, 9.17) is 4.98 Å². The van der Waals surface area contributed by atoms with E-state index in [0.717, 1.165) is 36.1 Å². The van der Waals surface area contributed by atoms with E-state index >= 15 is 0 Å². The Bertz CT molecular complexity index is 1160. The molecule has 0 bridgehead atoms. The summed E-state index contributed by atoms with van der Waals surface area (Å²) in [6.45, 7) is 1.51. The third-order valence-corrected chi connectivity index (χ3v) is 5.03. The average Bonchev–Trinajstić information content (AvgIpc) is 3.45. The van der Waals surface area contributed by atoms with E-state index in [-0.39, 0.29) is 41.9 Å². The second kappa shape index (κ2) is 12.4. The fraction of sp³-hybridized carbons (Fsp3) is 0.0800. The maximum absolute atomic E-state index is 4.90. The smallest absolute Gasteiger partial charge is 1.00 e. The first-order chi connectivity index (χ1) is 14.9. The molecule has 0 radical (unpaired) electrons. The molecule has 0 spiro atoms. The van der Waals surface area contributed by atoms with Crippen molar-refractivity contribution >= 4 is 0 Å². The zero-order valence-electron chi connectivity index (χ0n) is 17.6. The molecule has 0 unspecified atom stereocenters. The van der Waals surface area contributed by atoms with Gasteiger partial charge in [0.1, 0.15) is 11.4 Å². The minimum absolute atomic E-state index is 0. The second-order valence-corrected chi connectivity index (χ2v) is 7.14. The van der Waals surface area contributed by atoms with Crippen molar-refractivity contribution in [1.29, 1.82) is 0 Å². The van der Waals surface area contributed by atoms with Crippen LogP contribution >= 0.6 is 0 Å². The van der Waals surface area contributed by atoms with Crippen LogP contribution < -0.4 is 24.8 Å². The Morgan fingerprint density at radius 1 is 0.545 bits per heavy atom. The minimum atomic E-state index is 0. The van der Waals surface area contributed by atoms with Crippen LogP contribution in [0.4, 0.5) is 0 Å². The van der Waals surface area contributed by atoms with Crippen LogP contribution in [0.3, 0.4) is 0 Å². The van der Waals surface area contributed by atoms with Crippen LogP contribution in [0.25, 0.3) is 23.0 Å². The monoisotopic (exact) mass is 517 g/mol. The molecule has 33 heavy (non-hydrogen) atoms. The maximum atomic E-state index is 4.90. The van der Waals surface area contributed by atoms with E-state index in [1.807, 2.05) is 55.1 Å². The summed E-state index contributed by atoms with van der Waals surface area (Å²) in [5.41, 5.74) is 4.13. The van der Waals surface area contributed by atoms with Crippen LogP contribution in [-0.2, 0) is 30.2 Å². The normalized spacial score (nSPS) is 9.94. The predicted molar refractivity (Wildman–Crippen MR) is 118 cm³/mol. The Balaban J connectivity index is 0.00000128. The summed E-state index contributed by atoms with van der Waals surface area (Å²) >= 11 is 0. The van der Waals surface area contributed by atoms with E-state index in [0.29, 0.717) is 0 Å². The zero-order valence-corrected chi connectivity index (χ0v) is 20.2. The van der Waals surface area contributed by atoms with E-state index in [1.54, 1.807) is 0 Å². The SMILES string of the molecule is [Cl-].[Cl-].[Fe+2].c1ccc(Cn2ccnc2-c2cccc(-c3nccn3Cc3ccccc3)n2)cc1. The summed E-state index contributed by atoms with van der Waals surface area (Å²) < 4.78 is 4.25. The molecule has 5 rings (SSSR count). The summed E-state index contributed by atoms with van der Waals surface area (Å²) in [6, 6.07) is 26.8. The van der Waals surface area contributed by atoms with Gasteiger partial charge in [0.15, 0.2) is 11.6 Å². The zero-order chi connectivity index (χ0) is 20.2. The van der Waals surface area contributed by atoms with Crippen molar-refractivity contribution in [1.82, 2.24) is 24.1 Å². The molecule has 0 saturated carbocycles. The van der Waals surface area contributed by atoms with Gasteiger partial charge in [0, 0.05) is 37.9 Å². The van der Waals surface area contributed by atoms with Gasteiger partial charge in [-0.2, -0.15) is 0 Å². The summed E-state index contributed by atoms with van der Waals surface area (Å²) in [7, 11) is 0. The van der Waals surface area contributed by atoms with Crippen molar-refractivity contribution in [3.63, 3.8) is 0 Å². The van der Waals surface area contributed by atoms with Gasteiger partial charge in [-0.05, 0) is 23.3 Å². The number of halogens is 2. The largest absolute Gasteiger partial charge is 2.00 e. The number of imidazole rings is 2. The molecule has 5 aromatic rings. The molecule has 0 aliphatic rings. The Kier molecular flexibility index (Phi) is 9.89. The molecule has 2 aromatic carbocycles. The van der Waals surface area contributed by atoms with Crippen molar-refractivity contribution in [3.05, 3.63) is 115 Å². The molecule has 3 aromatic heterocycles. The molecule has 168 valence electrons. The van der Waals surface area contributed by atoms with Gasteiger partial charge in [-0.3, -0.25) is 0 Å². The Morgan fingerprint density at radius 3 is 1.39 bits per heavy atom. The first-order valence-electron chi connectivity index (χ1n) is 9.95. The van der Waals surface area contributed by atoms with E-state index in [9.17, 15) is 0 Å². The summed E-state index contributed by atoms with van der Waals surface area (Å²) in [4.78, 5) is 14.0. The third kappa shape index (κ3) is 6.12. The van der Waals surface area contributed by atoms with Gasteiger partial charge in [0.25, 0.3) is 0 Å². The minimum Gasteiger partial charge on any atom is -1.00 e. The van der Waals surface area contributed by atoms with Gasteiger partial charge < -0.3 is 33.9 Å². The molecular weight excluding hydrogens is 497 g/mol. The molecule has 0 N–H and O–H groups in total. The summed E-state index contributed by atoms with van der Waals surface area (Å²) in [6.07, 6.45) is 7.63. The molecule has 8 heteroatoms. The first-order valence-corrected chi connectivity index (χ1v) is 9.95. The van der Waals surface area contributed by atoms with Crippen LogP contribution in [0.1, 0.15) is 11.1 Å². The Morgan fingerprint density at radius 2 is 0.970 bits per heavy atom. The number of aromatic nitrogens is 5. The number of rotatable bonds is 6. The van der Waals surface area contributed by atoms with E-state index < -0.39 is 0 Å². The molecule has 3 heterocycles.